The number of primary amides is 1. The van der Waals surface area contributed by atoms with E-state index in [1.54, 1.807) is 6.92 Å². The summed E-state index contributed by atoms with van der Waals surface area (Å²) in [5.41, 5.74) is 8.16. The van der Waals surface area contributed by atoms with E-state index in [1.165, 1.54) is 12.7 Å². The molecule has 1 unspecified atom stereocenters. The van der Waals surface area contributed by atoms with Gasteiger partial charge in [0, 0.05) is 20.2 Å². The van der Waals surface area contributed by atoms with Gasteiger partial charge in [0.05, 0.1) is 6.61 Å². The molecule has 0 radical (unpaired) electrons. The lowest BCUT2D eigenvalue weighted by atomic mass is 10.1. The van der Waals surface area contributed by atoms with E-state index in [1.807, 2.05) is 53.4 Å². The van der Waals surface area contributed by atoms with Crippen molar-refractivity contribution >= 4 is 5.91 Å². The molecule has 0 spiro atoms. The van der Waals surface area contributed by atoms with Crippen LogP contribution in [0, 0.1) is 0 Å². The van der Waals surface area contributed by atoms with Crippen LogP contribution >= 0.6 is 0 Å². The Hall–Kier alpha value is -3.15. The summed E-state index contributed by atoms with van der Waals surface area (Å²) in [7, 11) is 1.52. The number of nitrogens with zero attached hydrogens (tertiary/aromatic N) is 1. The van der Waals surface area contributed by atoms with E-state index in [9.17, 15) is 4.79 Å². The third kappa shape index (κ3) is 7.44. The smallest absolute Gasteiger partial charge is 0.264 e. The minimum Gasteiger partial charge on any atom is -0.494 e. The number of rotatable bonds is 14. The number of methoxy groups -OCH3 is 1. The highest BCUT2D eigenvalue weighted by Crippen LogP contribution is 2.21. The maximum Gasteiger partial charge on any atom is 0.264 e. The van der Waals surface area contributed by atoms with Gasteiger partial charge in [-0.15, -0.1) is 0 Å². The second-order valence-electron chi connectivity index (χ2n) is 8.64. The summed E-state index contributed by atoms with van der Waals surface area (Å²) in [5.74, 6) is 0.380. The summed E-state index contributed by atoms with van der Waals surface area (Å²) in [5, 5.41) is 0. The van der Waals surface area contributed by atoms with Crippen molar-refractivity contribution in [3.8, 4) is 5.75 Å². The first-order valence-corrected chi connectivity index (χ1v) is 11.9. The van der Waals surface area contributed by atoms with Crippen LogP contribution in [0.3, 0.4) is 0 Å². The molecule has 5 nitrogen and oxygen atoms in total. The lowest BCUT2D eigenvalue weighted by molar-refractivity contribution is -0.165. The topological polar surface area (TPSA) is 64.8 Å². The Labute approximate surface area is 203 Å². The summed E-state index contributed by atoms with van der Waals surface area (Å²) in [6.45, 7) is 3.63. The number of aryl methyl sites for hydroxylation is 1. The molecular formula is C29H36N2O3. The fraction of sp³-hybridized carbons (Fsp3) is 0.345. The van der Waals surface area contributed by atoms with Crippen molar-refractivity contribution in [2.24, 2.45) is 5.73 Å². The average Bonchev–Trinajstić information content (AvgIpc) is 2.87. The van der Waals surface area contributed by atoms with Crippen LogP contribution in [0.5, 0.6) is 5.75 Å². The molecule has 3 rings (SSSR count). The predicted octanol–water partition coefficient (Wildman–Crippen LogP) is 4.98. The first-order valence-electron chi connectivity index (χ1n) is 11.9. The van der Waals surface area contributed by atoms with E-state index in [2.05, 4.69) is 36.4 Å². The average molecular weight is 461 g/mol. The molecule has 0 aliphatic carbocycles. The normalized spacial score (nSPS) is 12.9. The number of nitrogens with two attached hydrogens (primary N) is 1. The monoisotopic (exact) mass is 460 g/mol. The standard InChI is InChI=1S/C29H36N2O3/c1-29(33-2,28(30)32)31(23-26-14-7-4-8-15-26)21-20-25-16-18-27(19-17-25)34-22-10-9-13-24-11-5-3-6-12-24/h3-8,11-12,14-19H,9-10,13,20-23H2,1-2H3,(H2,30,32). The van der Waals surface area contributed by atoms with Crippen molar-refractivity contribution in [1.29, 1.82) is 0 Å². The SMILES string of the molecule is COC(C)(C(N)=O)N(CCc1ccc(OCCCCc2ccccc2)cc1)Cc1ccccc1. The van der Waals surface area contributed by atoms with Crippen LogP contribution in [0.15, 0.2) is 84.9 Å². The van der Waals surface area contributed by atoms with Crippen LogP contribution in [-0.4, -0.2) is 36.8 Å². The maximum absolute atomic E-state index is 12.2. The Kier molecular flexibility index (Phi) is 9.68. The lowest BCUT2D eigenvalue weighted by Gasteiger charge is -2.37. The fourth-order valence-corrected chi connectivity index (χ4v) is 3.91. The number of amides is 1. The Balaban J connectivity index is 1.50. The summed E-state index contributed by atoms with van der Waals surface area (Å²) in [6.07, 6.45) is 3.97. The van der Waals surface area contributed by atoms with Crippen molar-refractivity contribution in [3.63, 3.8) is 0 Å². The number of carbonyl (C=O) groups excluding carboxylic acids is 1. The summed E-state index contributed by atoms with van der Waals surface area (Å²) >= 11 is 0. The Morgan fingerprint density at radius 2 is 1.41 bits per heavy atom. The van der Waals surface area contributed by atoms with E-state index in [4.69, 9.17) is 15.2 Å². The highest BCUT2D eigenvalue weighted by Gasteiger charge is 2.37. The van der Waals surface area contributed by atoms with E-state index in [0.29, 0.717) is 19.7 Å². The van der Waals surface area contributed by atoms with Crippen molar-refractivity contribution in [3.05, 3.63) is 102 Å². The van der Waals surface area contributed by atoms with Crippen LogP contribution < -0.4 is 10.5 Å². The second-order valence-corrected chi connectivity index (χ2v) is 8.64. The fourth-order valence-electron chi connectivity index (χ4n) is 3.91. The highest BCUT2D eigenvalue weighted by molar-refractivity contribution is 5.82. The third-order valence-electron chi connectivity index (χ3n) is 6.24. The van der Waals surface area contributed by atoms with E-state index < -0.39 is 11.6 Å². The molecule has 2 N–H and O–H groups in total. The first kappa shape index (κ1) is 25.5. The van der Waals surface area contributed by atoms with Crippen LogP contribution in [0.25, 0.3) is 0 Å². The maximum atomic E-state index is 12.2. The molecule has 0 aliphatic heterocycles. The van der Waals surface area contributed by atoms with Gasteiger partial charge in [-0.2, -0.15) is 0 Å². The molecule has 0 aliphatic rings. The number of carbonyl (C=O) groups is 1. The molecule has 5 heteroatoms. The van der Waals surface area contributed by atoms with E-state index >= 15 is 0 Å². The third-order valence-corrected chi connectivity index (χ3v) is 6.24. The number of hydrogen-bond donors (Lipinski definition) is 1. The van der Waals surface area contributed by atoms with Crippen LogP contribution in [0.1, 0.15) is 36.5 Å². The summed E-state index contributed by atoms with van der Waals surface area (Å²) < 4.78 is 11.5. The molecule has 0 aromatic heterocycles. The van der Waals surface area contributed by atoms with Crippen molar-refractivity contribution in [2.75, 3.05) is 20.3 Å². The van der Waals surface area contributed by atoms with Gasteiger partial charge in [0.2, 0.25) is 0 Å². The van der Waals surface area contributed by atoms with Crippen LogP contribution in [-0.2, 0) is 28.9 Å². The summed E-state index contributed by atoms with van der Waals surface area (Å²) in [6, 6.07) is 28.7. The molecule has 3 aromatic rings. The Morgan fingerprint density at radius 3 is 2.00 bits per heavy atom. The van der Waals surface area contributed by atoms with Gasteiger partial charge in [-0.1, -0.05) is 72.8 Å². The first-order chi connectivity index (χ1) is 16.5. The number of unbranched alkanes of at least 4 members (excludes halogenated alkanes) is 1. The van der Waals surface area contributed by atoms with Crippen molar-refractivity contribution in [1.82, 2.24) is 4.90 Å². The molecule has 0 saturated heterocycles. The molecule has 1 amide bonds. The largest absolute Gasteiger partial charge is 0.494 e. The van der Waals surface area contributed by atoms with Gasteiger partial charge in [0.15, 0.2) is 5.72 Å². The van der Waals surface area contributed by atoms with Crippen molar-refractivity contribution < 1.29 is 14.3 Å². The zero-order valence-corrected chi connectivity index (χ0v) is 20.3. The number of ether oxygens (including phenoxy) is 2. The van der Waals surface area contributed by atoms with Crippen LogP contribution in [0.2, 0.25) is 0 Å². The van der Waals surface area contributed by atoms with Gasteiger partial charge in [-0.05, 0) is 61.4 Å². The van der Waals surface area contributed by atoms with Gasteiger partial charge in [-0.25, -0.2) is 0 Å². The van der Waals surface area contributed by atoms with E-state index in [-0.39, 0.29) is 0 Å². The molecule has 0 saturated carbocycles. The van der Waals surface area contributed by atoms with Gasteiger partial charge in [0.1, 0.15) is 5.75 Å². The number of hydrogen-bond acceptors (Lipinski definition) is 4. The van der Waals surface area contributed by atoms with Gasteiger partial charge >= 0.3 is 0 Å². The second kappa shape index (κ2) is 12.9. The minimum atomic E-state index is -1.18. The van der Waals surface area contributed by atoms with Gasteiger partial charge < -0.3 is 15.2 Å². The molecule has 34 heavy (non-hydrogen) atoms. The quantitative estimate of drug-likeness (QED) is 0.272. The van der Waals surface area contributed by atoms with Gasteiger partial charge in [0.25, 0.3) is 5.91 Å². The molecule has 180 valence electrons. The molecule has 0 bridgehead atoms. The highest BCUT2D eigenvalue weighted by atomic mass is 16.5. The van der Waals surface area contributed by atoms with E-state index in [0.717, 1.165) is 42.6 Å². The van der Waals surface area contributed by atoms with Crippen LogP contribution in [0.4, 0.5) is 0 Å². The minimum absolute atomic E-state index is 0.498. The zero-order chi connectivity index (χ0) is 24.2. The molecule has 1 atom stereocenters. The van der Waals surface area contributed by atoms with Crippen molar-refractivity contribution in [2.45, 2.75) is 44.9 Å². The van der Waals surface area contributed by atoms with Gasteiger partial charge in [-0.3, -0.25) is 9.69 Å². The molecular weight excluding hydrogens is 424 g/mol. The molecule has 0 fully saturated rings. The lowest BCUT2D eigenvalue weighted by Crippen LogP contribution is -2.57. The zero-order valence-electron chi connectivity index (χ0n) is 20.3. The molecule has 0 heterocycles. The Morgan fingerprint density at radius 1 is 0.824 bits per heavy atom. The Bertz CT molecular complexity index is 993. The number of benzene rings is 3. The predicted molar refractivity (Wildman–Crippen MR) is 136 cm³/mol. The summed E-state index contributed by atoms with van der Waals surface area (Å²) in [4.78, 5) is 14.2. The molecule has 3 aromatic carbocycles.